The number of aromatic nitrogens is 1. The summed E-state index contributed by atoms with van der Waals surface area (Å²) in [6.07, 6.45) is 6.44. The minimum atomic E-state index is -1.05. The van der Waals surface area contributed by atoms with Crippen LogP contribution in [0, 0.1) is 5.92 Å². The molecule has 0 spiro atoms. The maximum atomic E-state index is 11.3. The van der Waals surface area contributed by atoms with Gasteiger partial charge in [0, 0.05) is 16.1 Å². The van der Waals surface area contributed by atoms with E-state index < -0.39 is 5.97 Å². The average molecular weight is 406 g/mol. The highest BCUT2D eigenvalue weighted by Crippen LogP contribution is 2.38. The Labute approximate surface area is 174 Å². The van der Waals surface area contributed by atoms with Gasteiger partial charge in [-0.3, -0.25) is 0 Å². The molecule has 3 aromatic rings. The van der Waals surface area contributed by atoms with Gasteiger partial charge in [-0.1, -0.05) is 54.1 Å². The lowest BCUT2D eigenvalue weighted by Gasteiger charge is -2.17. The van der Waals surface area contributed by atoms with E-state index in [-0.39, 0.29) is 5.69 Å². The van der Waals surface area contributed by atoms with Crippen LogP contribution in [0.25, 0.3) is 22.4 Å². The lowest BCUT2D eigenvalue weighted by Crippen LogP contribution is -2.09. The van der Waals surface area contributed by atoms with Crippen LogP contribution in [-0.4, -0.2) is 22.7 Å². The number of aromatic carboxylic acids is 1. The van der Waals surface area contributed by atoms with E-state index in [1.165, 1.54) is 6.07 Å². The fourth-order valence-electron chi connectivity index (χ4n) is 3.50. The Morgan fingerprint density at radius 2 is 1.76 bits per heavy atom. The molecular formula is C24H20ClNO3. The molecule has 4 nitrogen and oxygen atoms in total. The SMILES string of the molecule is O=C(O)c1cccc(-c2ccccc2-c2cc(Cl)ccc2OCC2CC=CC2)n1. The summed E-state index contributed by atoms with van der Waals surface area (Å²) in [5.41, 5.74) is 3.18. The summed E-state index contributed by atoms with van der Waals surface area (Å²) < 4.78 is 6.17. The van der Waals surface area contributed by atoms with Gasteiger partial charge in [-0.25, -0.2) is 9.78 Å². The van der Waals surface area contributed by atoms with Gasteiger partial charge in [-0.05, 0) is 54.7 Å². The summed E-state index contributed by atoms with van der Waals surface area (Å²) in [5, 5.41) is 9.90. The quantitative estimate of drug-likeness (QED) is 0.502. The lowest BCUT2D eigenvalue weighted by molar-refractivity contribution is 0.0690. The van der Waals surface area contributed by atoms with Gasteiger partial charge in [0.05, 0.1) is 12.3 Å². The molecule has 0 radical (unpaired) electrons. The number of benzene rings is 2. The van der Waals surface area contributed by atoms with Crippen molar-refractivity contribution >= 4 is 17.6 Å². The Bertz CT molecular complexity index is 1070. The molecule has 0 atom stereocenters. The van der Waals surface area contributed by atoms with Crippen LogP contribution in [0.1, 0.15) is 23.3 Å². The smallest absolute Gasteiger partial charge is 0.354 e. The van der Waals surface area contributed by atoms with Crippen LogP contribution in [0.15, 0.2) is 72.8 Å². The molecule has 146 valence electrons. The van der Waals surface area contributed by atoms with Gasteiger partial charge >= 0.3 is 5.97 Å². The second-order valence-corrected chi connectivity index (χ2v) is 7.46. The minimum absolute atomic E-state index is 0.00797. The topological polar surface area (TPSA) is 59.4 Å². The highest BCUT2D eigenvalue weighted by atomic mass is 35.5. The first-order chi connectivity index (χ1) is 14.1. The lowest BCUT2D eigenvalue weighted by atomic mass is 9.96. The maximum absolute atomic E-state index is 11.3. The Balaban J connectivity index is 1.74. The number of halogens is 1. The first kappa shape index (κ1) is 19.2. The molecule has 0 bridgehead atoms. The van der Waals surface area contributed by atoms with Crippen molar-refractivity contribution in [2.75, 3.05) is 6.61 Å². The van der Waals surface area contributed by atoms with Crippen molar-refractivity contribution in [2.24, 2.45) is 5.92 Å². The third kappa shape index (κ3) is 4.33. The first-order valence-electron chi connectivity index (χ1n) is 9.49. The first-order valence-corrected chi connectivity index (χ1v) is 9.87. The van der Waals surface area contributed by atoms with Crippen molar-refractivity contribution in [1.29, 1.82) is 0 Å². The highest BCUT2D eigenvalue weighted by Gasteiger charge is 2.17. The summed E-state index contributed by atoms with van der Waals surface area (Å²) in [5.74, 6) is 0.187. The second-order valence-electron chi connectivity index (χ2n) is 7.02. The van der Waals surface area contributed by atoms with Gasteiger partial charge in [0.1, 0.15) is 11.4 Å². The van der Waals surface area contributed by atoms with E-state index in [1.54, 1.807) is 12.1 Å². The Morgan fingerprint density at radius 3 is 2.52 bits per heavy atom. The van der Waals surface area contributed by atoms with E-state index >= 15 is 0 Å². The van der Waals surface area contributed by atoms with Crippen LogP contribution in [0.3, 0.4) is 0 Å². The van der Waals surface area contributed by atoms with Gasteiger partial charge in [-0.2, -0.15) is 0 Å². The third-order valence-corrected chi connectivity index (χ3v) is 5.22. The largest absolute Gasteiger partial charge is 0.493 e. The molecule has 2 aromatic carbocycles. The molecule has 0 aliphatic heterocycles. The zero-order chi connectivity index (χ0) is 20.2. The molecule has 1 aromatic heterocycles. The Kier molecular flexibility index (Phi) is 5.63. The number of carboxylic acid groups (broad SMARTS) is 1. The van der Waals surface area contributed by atoms with Crippen LogP contribution in [0.5, 0.6) is 5.75 Å². The Morgan fingerprint density at radius 1 is 1.00 bits per heavy atom. The number of allylic oxidation sites excluding steroid dienone is 2. The zero-order valence-electron chi connectivity index (χ0n) is 15.7. The Hall–Kier alpha value is -3.11. The van der Waals surface area contributed by atoms with Gasteiger partial charge < -0.3 is 9.84 Å². The molecule has 29 heavy (non-hydrogen) atoms. The van der Waals surface area contributed by atoms with Gasteiger partial charge in [0.2, 0.25) is 0 Å². The molecule has 5 heteroatoms. The molecule has 4 rings (SSSR count). The molecule has 0 unspecified atom stereocenters. The molecule has 1 aliphatic carbocycles. The van der Waals surface area contributed by atoms with E-state index in [4.69, 9.17) is 16.3 Å². The number of rotatable bonds is 6. The van der Waals surface area contributed by atoms with Gasteiger partial charge in [0.15, 0.2) is 0 Å². The molecule has 1 heterocycles. The van der Waals surface area contributed by atoms with E-state index in [9.17, 15) is 9.90 Å². The van der Waals surface area contributed by atoms with Crippen molar-refractivity contribution < 1.29 is 14.6 Å². The number of carboxylic acids is 1. The standard InChI is InChI=1S/C24H20ClNO3/c25-17-12-13-23(29-15-16-6-1-2-7-16)20(14-17)18-8-3-4-9-19(18)21-10-5-11-22(26-21)24(27)28/h1-5,8-14,16H,6-7,15H2,(H,27,28). The second kappa shape index (κ2) is 8.50. The summed E-state index contributed by atoms with van der Waals surface area (Å²) in [6, 6.07) is 18.3. The van der Waals surface area contributed by atoms with Crippen molar-refractivity contribution in [3.63, 3.8) is 0 Å². The average Bonchev–Trinajstić information content (AvgIpc) is 3.26. The predicted octanol–water partition coefficient (Wildman–Crippen LogP) is 6.11. The van der Waals surface area contributed by atoms with Crippen LogP contribution in [-0.2, 0) is 0 Å². The van der Waals surface area contributed by atoms with Gasteiger partial charge in [-0.15, -0.1) is 0 Å². The van der Waals surface area contributed by atoms with Crippen LogP contribution in [0.4, 0.5) is 0 Å². The number of pyridine rings is 1. The van der Waals surface area contributed by atoms with Crippen molar-refractivity contribution in [1.82, 2.24) is 4.98 Å². The molecule has 1 N–H and O–H groups in total. The number of carbonyl (C=O) groups is 1. The van der Waals surface area contributed by atoms with E-state index in [2.05, 4.69) is 17.1 Å². The third-order valence-electron chi connectivity index (χ3n) is 4.98. The fourth-order valence-corrected chi connectivity index (χ4v) is 3.67. The minimum Gasteiger partial charge on any atom is -0.493 e. The molecule has 1 aliphatic rings. The van der Waals surface area contributed by atoms with Crippen molar-refractivity contribution in [2.45, 2.75) is 12.8 Å². The van der Waals surface area contributed by atoms with Crippen LogP contribution < -0.4 is 4.74 Å². The van der Waals surface area contributed by atoms with Crippen molar-refractivity contribution in [3.05, 3.63) is 83.5 Å². The normalized spacial score (nSPS) is 13.6. The number of hydrogen-bond acceptors (Lipinski definition) is 3. The monoisotopic (exact) mass is 405 g/mol. The highest BCUT2D eigenvalue weighted by molar-refractivity contribution is 6.31. The maximum Gasteiger partial charge on any atom is 0.354 e. The summed E-state index contributed by atoms with van der Waals surface area (Å²) >= 11 is 6.30. The summed E-state index contributed by atoms with van der Waals surface area (Å²) in [7, 11) is 0. The molecular weight excluding hydrogens is 386 g/mol. The zero-order valence-corrected chi connectivity index (χ0v) is 16.5. The number of ether oxygens (including phenoxy) is 1. The number of nitrogens with zero attached hydrogens (tertiary/aromatic N) is 1. The molecule has 0 saturated carbocycles. The van der Waals surface area contributed by atoms with E-state index in [1.807, 2.05) is 42.5 Å². The van der Waals surface area contributed by atoms with Crippen LogP contribution >= 0.6 is 11.6 Å². The molecule has 0 amide bonds. The van der Waals surface area contributed by atoms with E-state index in [0.717, 1.165) is 35.3 Å². The van der Waals surface area contributed by atoms with Gasteiger partial charge in [0.25, 0.3) is 0 Å². The van der Waals surface area contributed by atoms with Crippen LogP contribution in [0.2, 0.25) is 5.02 Å². The fraction of sp³-hybridized carbons (Fsp3) is 0.167. The molecule has 0 fully saturated rings. The summed E-state index contributed by atoms with van der Waals surface area (Å²) in [4.78, 5) is 15.7. The van der Waals surface area contributed by atoms with E-state index in [0.29, 0.717) is 23.2 Å². The van der Waals surface area contributed by atoms with Crippen molar-refractivity contribution in [3.8, 4) is 28.1 Å². The predicted molar refractivity (Wildman–Crippen MR) is 114 cm³/mol. The number of hydrogen-bond donors (Lipinski definition) is 1. The summed E-state index contributed by atoms with van der Waals surface area (Å²) in [6.45, 7) is 0.635. The molecule has 0 saturated heterocycles.